The number of benzene rings is 1. The van der Waals surface area contributed by atoms with Crippen molar-refractivity contribution in [2.45, 2.75) is 26.3 Å². The first kappa shape index (κ1) is 13.8. The van der Waals surface area contributed by atoms with E-state index in [4.69, 9.17) is 0 Å². The fraction of sp³-hybridized carbons (Fsp3) is 0.571. The molecule has 0 amide bonds. The molecule has 2 unspecified atom stereocenters. The van der Waals surface area contributed by atoms with E-state index in [1.807, 2.05) is 13.0 Å². The van der Waals surface area contributed by atoms with Gasteiger partial charge in [-0.05, 0) is 44.5 Å². The number of nitro benzene ring substituents is 1. The second-order valence-electron chi connectivity index (χ2n) is 5.56. The van der Waals surface area contributed by atoms with Crippen molar-refractivity contribution in [1.82, 2.24) is 4.90 Å². The van der Waals surface area contributed by atoms with Crippen LogP contribution in [0, 0.1) is 23.0 Å². The van der Waals surface area contributed by atoms with Crippen molar-refractivity contribution in [1.29, 1.82) is 0 Å². The molecule has 0 aromatic heterocycles. The fourth-order valence-corrected chi connectivity index (χ4v) is 2.69. The van der Waals surface area contributed by atoms with Gasteiger partial charge in [-0.3, -0.25) is 10.1 Å². The largest absolute Gasteiger partial charge is 0.376 e. The van der Waals surface area contributed by atoms with Crippen LogP contribution in [0.1, 0.15) is 18.9 Å². The first-order valence-corrected chi connectivity index (χ1v) is 6.67. The number of aryl methyl sites for hydroxylation is 1. The van der Waals surface area contributed by atoms with Gasteiger partial charge in [0.05, 0.1) is 4.92 Å². The van der Waals surface area contributed by atoms with Gasteiger partial charge < -0.3 is 10.2 Å². The minimum absolute atomic E-state index is 0.164. The normalized spacial score (nSPS) is 24.2. The second-order valence-corrected chi connectivity index (χ2v) is 5.56. The van der Waals surface area contributed by atoms with Gasteiger partial charge in [-0.1, -0.05) is 13.0 Å². The Morgan fingerprint density at radius 1 is 1.47 bits per heavy atom. The maximum atomic E-state index is 11.1. The summed E-state index contributed by atoms with van der Waals surface area (Å²) in [4.78, 5) is 13.0. The number of rotatable bonds is 3. The highest BCUT2D eigenvalue weighted by atomic mass is 16.6. The number of likely N-dealkylation sites (tertiary alicyclic amines) is 1. The van der Waals surface area contributed by atoms with E-state index in [0.717, 1.165) is 25.1 Å². The molecule has 1 aromatic rings. The molecule has 1 N–H and O–H groups in total. The lowest BCUT2D eigenvalue weighted by molar-refractivity contribution is -0.384. The average molecular weight is 263 g/mol. The highest BCUT2D eigenvalue weighted by Gasteiger charge is 2.26. The predicted octanol–water partition coefficient (Wildman–Crippen LogP) is 2.66. The van der Waals surface area contributed by atoms with E-state index in [1.54, 1.807) is 12.1 Å². The lowest BCUT2D eigenvalue weighted by atomic mass is 9.94. The zero-order valence-corrected chi connectivity index (χ0v) is 11.7. The highest BCUT2D eigenvalue weighted by molar-refractivity contribution is 5.63. The molecule has 1 aliphatic heterocycles. The summed E-state index contributed by atoms with van der Waals surface area (Å²) < 4.78 is 0. The molecule has 104 valence electrons. The molecular weight excluding hydrogens is 242 g/mol. The quantitative estimate of drug-likeness (QED) is 0.673. The Balaban J connectivity index is 2.18. The zero-order valence-electron chi connectivity index (χ0n) is 11.7. The summed E-state index contributed by atoms with van der Waals surface area (Å²) in [7, 11) is 2.11. The lowest BCUT2D eigenvalue weighted by Gasteiger charge is -2.35. The molecule has 0 radical (unpaired) electrons. The van der Waals surface area contributed by atoms with E-state index in [2.05, 4.69) is 24.2 Å². The summed E-state index contributed by atoms with van der Waals surface area (Å²) in [6.07, 6.45) is 1.02. The van der Waals surface area contributed by atoms with Gasteiger partial charge in [0, 0.05) is 18.7 Å². The van der Waals surface area contributed by atoms with Gasteiger partial charge in [0.1, 0.15) is 5.69 Å². The van der Waals surface area contributed by atoms with Crippen LogP contribution in [0.5, 0.6) is 0 Å². The van der Waals surface area contributed by atoms with E-state index in [-0.39, 0.29) is 10.6 Å². The number of hydrogen-bond acceptors (Lipinski definition) is 4. The molecule has 19 heavy (non-hydrogen) atoms. The Kier molecular flexibility index (Phi) is 4.04. The highest BCUT2D eigenvalue weighted by Crippen LogP contribution is 2.28. The molecule has 1 aliphatic rings. The summed E-state index contributed by atoms with van der Waals surface area (Å²) >= 11 is 0. The molecule has 0 aliphatic carbocycles. The monoisotopic (exact) mass is 263 g/mol. The molecule has 2 rings (SSSR count). The zero-order chi connectivity index (χ0) is 14.0. The lowest BCUT2D eigenvalue weighted by Crippen LogP contribution is -2.43. The van der Waals surface area contributed by atoms with Crippen LogP contribution in [-0.4, -0.2) is 36.0 Å². The van der Waals surface area contributed by atoms with Gasteiger partial charge in [0.2, 0.25) is 0 Å². The van der Waals surface area contributed by atoms with Gasteiger partial charge in [-0.25, -0.2) is 0 Å². The van der Waals surface area contributed by atoms with Crippen LogP contribution >= 0.6 is 0 Å². The molecule has 1 heterocycles. The Bertz CT molecular complexity index is 476. The van der Waals surface area contributed by atoms with Crippen molar-refractivity contribution >= 4 is 11.4 Å². The Morgan fingerprint density at radius 3 is 2.84 bits per heavy atom. The minimum Gasteiger partial charge on any atom is -0.376 e. The molecule has 0 saturated carbocycles. The van der Waals surface area contributed by atoms with Crippen molar-refractivity contribution in [3.05, 3.63) is 33.9 Å². The third-order valence-electron chi connectivity index (χ3n) is 3.80. The van der Waals surface area contributed by atoms with Gasteiger partial charge in [-0.2, -0.15) is 0 Å². The van der Waals surface area contributed by atoms with Crippen LogP contribution in [0.3, 0.4) is 0 Å². The SMILES string of the molecule is Cc1ccc([N+](=O)[O-])c(NC2CCN(C)CC2C)c1. The summed E-state index contributed by atoms with van der Waals surface area (Å²) in [5.41, 5.74) is 1.84. The van der Waals surface area contributed by atoms with Gasteiger partial charge >= 0.3 is 0 Å². The number of nitrogens with one attached hydrogen (secondary N) is 1. The van der Waals surface area contributed by atoms with Crippen LogP contribution < -0.4 is 5.32 Å². The van der Waals surface area contributed by atoms with Crippen molar-refractivity contribution in [2.75, 3.05) is 25.5 Å². The molecule has 2 atom stereocenters. The Labute approximate surface area is 113 Å². The number of hydrogen-bond donors (Lipinski definition) is 1. The average Bonchev–Trinajstić information content (AvgIpc) is 2.32. The minimum atomic E-state index is -0.318. The molecule has 5 heteroatoms. The Hall–Kier alpha value is -1.62. The van der Waals surface area contributed by atoms with Gasteiger partial charge in [0.15, 0.2) is 0 Å². The van der Waals surface area contributed by atoms with E-state index in [9.17, 15) is 10.1 Å². The van der Waals surface area contributed by atoms with Crippen LogP contribution in [0.15, 0.2) is 18.2 Å². The maximum Gasteiger partial charge on any atom is 0.292 e. The number of piperidine rings is 1. The summed E-state index contributed by atoms with van der Waals surface area (Å²) in [5, 5.41) is 14.4. The topological polar surface area (TPSA) is 58.4 Å². The number of nitro groups is 1. The van der Waals surface area contributed by atoms with Gasteiger partial charge in [-0.15, -0.1) is 0 Å². The summed E-state index contributed by atoms with van der Waals surface area (Å²) in [5.74, 6) is 0.485. The Morgan fingerprint density at radius 2 is 2.21 bits per heavy atom. The molecule has 1 fully saturated rings. The third-order valence-corrected chi connectivity index (χ3v) is 3.80. The van der Waals surface area contributed by atoms with Gasteiger partial charge in [0.25, 0.3) is 5.69 Å². The van der Waals surface area contributed by atoms with Crippen LogP contribution in [0.25, 0.3) is 0 Å². The predicted molar refractivity (Wildman–Crippen MR) is 76.5 cm³/mol. The molecule has 1 aromatic carbocycles. The first-order chi connectivity index (χ1) is 8.97. The number of nitrogens with zero attached hydrogens (tertiary/aromatic N) is 2. The smallest absolute Gasteiger partial charge is 0.292 e. The second kappa shape index (κ2) is 5.57. The van der Waals surface area contributed by atoms with Crippen LogP contribution in [0.2, 0.25) is 0 Å². The van der Waals surface area contributed by atoms with Crippen molar-refractivity contribution in [3.63, 3.8) is 0 Å². The number of anilines is 1. The molecule has 0 spiro atoms. The van der Waals surface area contributed by atoms with Crippen LogP contribution in [-0.2, 0) is 0 Å². The van der Waals surface area contributed by atoms with E-state index >= 15 is 0 Å². The molecule has 0 bridgehead atoms. The summed E-state index contributed by atoms with van der Waals surface area (Å²) in [6.45, 7) is 6.20. The van der Waals surface area contributed by atoms with Crippen LogP contribution in [0.4, 0.5) is 11.4 Å². The standard InChI is InChI=1S/C14H21N3O2/c1-10-4-5-14(17(18)19)13(8-10)15-12-6-7-16(3)9-11(12)2/h4-5,8,11-12,15H,6-7,9H2,1-3H3. The van der Waals surface area contributed by atoms with Crippen molar-refractivity contribution in [3.8, 4) is 0 Å². The molecular formula is C14H21N3O2. The van der Waals surface area contributed by atoms with Crippen molar-refractivity contribution in [2.24, 2.45) is 5.92 Å². The van der Waals surface area contributed by atoms with E-state index in [1.165, 1.54) is 0 Å². The maximum absolute atomic E-state index is 11.1. The van der Waals surface area contributed by atoms with E-state index in [0.29, 0.717) is 17.6 Å². The first-order valence-electron chi connectivity index (χ1n) is 6.67. The fourth-order valence-electron chi connectivity index (χ4n) is 2.69. The molecule has 1 saturated heterocycles. The summed E-state index contributed by atoms with van der Waals surface area (Å²) in [6, 6.07) is 5.53. The van der Waals surface area contributed by atoms with Crippen molar-refractivity contribution < 1.29 is 4.92 Å². The molecule has 5 nitrogen and oxygen atoms in total. The van der Waals surface area contributed by atoms with E-state index < -0.39 is 0 Å². The third kappa shape index (κ3) is 3.23.